The van der Waals surface area contributed by atoms with Gasteiger partial charge in [0, 0.05) is 24.3 Å². The number of aliphatic hydroxyl groups is 1. The number of aliphatic hydroxyl groups excluding tert-OH is 1. The molecule has 2 rings (SSSR count). The maximum Gasteiger partial charge on any atom is 0.200 e. The Kier molecular flexibility index (Phi) is 2.82. The Hall–Kier alpha value is -0.830. The van der Waals surface area contributed by atoms with Crippen molar-refractivity contribution >= 4 is 5.78 Å². The van der Waals surface area contributed by atoms with Crippen molar-refractivity contribution in [1.82, 2.24) is 0 Å². The van der Waals surface area contributed by atoms with Crippen LogP contribution in [0.5, 0.6) is 0 Å². The fourth-order valence-electron chi connectivity index (χ4n) is 2.59. The number of ketones is 1. The molecule has 0 aromatic heterocycles. The Morgan fingerprint density at radius 1 is 1.44 bits per heavy atom. The molecule has 3 nitrogen and oxygen atoms in total. The van der Waals surface area contributed by atoms with Crippen molar-refractivity contribution in [2.75, 3.05) is 0 Å². The molecule has 0 radical (unpaired) electrons. The summed E-state index contributed by atoms with van der Waals surface area (Å²) in [5.41, 5.74) is 0.797. The smallest absolute Gasteiger partial charge is 0.200 e. The Labute approximate surface area is 96.5 Å². The molecule has 0 spiro atoms. The molecule has 1 heterocycles. The summed E-state index contributed by atoms with van der Waals surface area (Å²) in [6.45, 7) is 6.15. The van der Waals surface area contributed by atoms with Crippen LogP contribution >= 0.6 is 0 Å². The van der Waals surface area contributed by atoms with Gasteiger partial charge in [-0.1, -0.05) is 20.8 Å². The second-order valence-electron chi connectivity index (χ2n) is 5.72. The molecule has 1 aliphatic heterocycles. The van der Waals surface area contributed by atoms with Crippen molar-refractivity contribution in [3.63, 3.8) is 0 Å². The largest absolute Gasteiger partial charge is 0.469 e. The van der Waals surface area contributed by atoms with Crippen molar-refractivity contribution < 1.29 is 14.6 Å². The number of hydrogen-bond donors (Lipinski definition) is 1. The average molecular weight is 224 g/mol. The van der Waals surface area contributed by atoms with Crippen LogP contribution in [0.4, 0.5) is 0 Å². The van der Waals surface area contributed by atoms with E-state index in [0.29, 0.717) is 12.8 Å². The molecule has 1 unspecified atom stereocenters. The molecule has 0 bridgehead atoms. The zero-order chi connectivity index (χ0) is 11.9. The Bertz CT molecular complexity index is 341. The van der Waals surface area contributed by atoms with E-state index in [1.54, 1.807) is 0 Å². The summed E-state index contributed by atoms with van der Waals surface area (Å²) >= 11 is 0. The predicted molar refractivity (Wildman–Crippen MR) is 60.5 cm³/mol. The van der Waals surface area contributed by atoms with E-state index in [2.05, 4.69) is 13.8 Å². The minimum Gasteiger partial charge on any atom is -0.469 e. The van der Waals surface area contributed by atoms with Gasteiger partial charge in [-0.05, 0) is 18.3 Å². The number of carbonyl (C=O) groups is 1. The first kappa shape index (κ1) is 11.6. The average Bonchev–Trinajstić information content (AvgIpc) is 2.14. The van der Waals surface area contributed by atoms with Gasteiger partial charge in [0.2, 0.25) is 0 Å². The van der Waals surface area contributed by atoms with E-state index in [1.807, 2.05) is 6.92 Å². The second-order valence-corrected chi connectivity index (χ2v) is 5.72. The van der Waals surface area contributed by atoms with Crippen LogP contribution < -0.4 is 0 Å². The van der Waals surface area contributed by atoms with Gasteiger partial charge in [-0.3, -0.25) is 4.79 Å². The Morgan fingerprint density at radius 2 is 2.12 bits per heavy atom. The van der Waals surface area contributed by atoms with E-state index in [1.165, 1.54) is 0 Å². The third-order valence-electron chi connectivity index (χ3n) is 3.61. The van der Waals surface area contributed by atoms with Gasteiger partial charge in [0.1, 0.15) is 5.76 Å². The van der Waals surface area contributed by atoms with Crippen LogP contribution in [0.25, 0.3) is 0 Å². The number of Topliss-reactive ketones (excluding diaryl/α,β-unsaturated/α-hetero) is 1. The van der Waals surface area contributed by atoms with Crippen molar-refractivity contribution in [1.29, 1.82) is 0 Å². The summed E-state index contributed by atoms with van der Waals surface area (Å²) in [6.07, 6.45) is 2.16. The second kappa shape index (κ2) is 3.88. The van der Waals surface area contributed by atoms with Crippen LogP contribution in [0.3, 0.4) is 0 Å². The van der Waals surface area contributed by atoms with Crippen molar-refractivity contribution in [3.05, 3.63) is 11.3 Å². The first-order chi connectivity index (χ1) is 7.43. The SMILES string of the molecule is CC[C@@H]1CC2=C(CC(C)(C)CC2=O)OC1O. The summed E-state index contributed by atoms with van der Waals surface area (Å²) in [4.78, 5) is 12.0. The molecular formula is C13H20O3. The van der Waals surface area contributed by atoms with Crippen molar-refractivity contribution in [2.24, 2.45) is 11.3 Å². The van der Waals surface area contributed by atoms with Crippen LogP contribution in [-0.4, -0.2) is 17.2 Å². The zero-order valence-electron chi connectivity index (χ0n) is 10.2. The van der Waals surface area contributed by atoms with Crippen LogP contribution in [-0.2, 0) is 9.53 Å². The fraction of sp³-hybridized carbons (Fsp3) is 0.769. The van der Waals surface area contributed by atoms with E-state index >= 15 is 0 Å². The van der Waals surface area contributed by atoms with Gasteiger partial charge in [0.15, 0.2) is 12.1 Å². The topological polar surface area (TPSA) is 46.5 Å². The van der Waals surface area contributed by atoms with Crippen LogP contribution in [0, 0.1) is 11.3 Å². The van der Waals surface area contributed by atoms with Gasteiger partial charge in [0.25, 0.3) is 0 Å². The molecule has 0 aromatic carbocycles. The van der Waals surface area contributed by atoms with E-state index in [0.717, 1.165) is 24.2 Å². The fourth-order valence-corrected chi connectivity index (χ4v) is 2.59. The molecule has 16 heavy (non-hydrogen) atoms. The molecule has 1 N–H and O–H groups in total. The molecule has 2 atom stereocenters. The normalized spacial score (nSPS) is 33.4. The lowest BCUT2D eigenvalue weighted by atomic mass is 9.73. The molecule has 0 aromatic rings. The summed E-state index contributed by atoms with van der Waals surface area (Å²) < 4.78 is 5.51. The molecule has 2 aliphatic rings. The number of allylic oxidation sites excluding steroid dienone is 2. The van der Waals surface area contributed by atoms with E-state index < -0.39 is 6.29 Å². The molecular weight excluding hydrogens is 204 g/mol. The third kappa shape index (κ3) is 2.01. The molecule has 0 fully saturated rings. The first-order valence-electron chi connectivity index (χ1n) is 6.03. The van der Waals surface area contributed by atoms with E-state index in [-0.39, 0.29) is 17.1 Å². The number of ether oxygens (including phenoxy) is 1. The molecule has 0 saturated carbocycles. The molecule has 0 saturated heterocycles. The van der Waals surface area contributed by atoms with Crippen molar-refractivity contribution in [3.8, 4) is 0 Å². The molecule has 1 aliphatic carbocycles. The maximum atomic E-state index is 12.0. The number of carbonyl (C=O) groups excluding carboxylic acids is 1. The lowest BCUT2D eigenvalue weighted by Crippen LogP contribution is -2.36. The minimum atomic E-state index is -0.731. The van der Waals surface area contributed by atoms with Gasteiger partial charge >= 0.3 is 0 Å². The summed E-state index contributed by atoms with van der Waals surface area (Å²) in [5.74, 6) is 1.01. The first-order valence-corrected chi connectivity index (χ1v) is 6.03. The highest BCUT2D eigenvalue weighted by atomic mass is 16.6. The van der Waals surface area contributed by atoms with Gasteiger partial charge < -0.3 is 9.84 Å². The van der Waals surface area contributed by atoms with E-state index in [9.17, 15) is 9.90 Å². The van der Waals surface area contributed by atoms with Gasteiger partial charge in [-0.25, -0.2) is 0 Å². The lowest BCUT2D eigenvalue weighted by molar-refractivity contribution is -0.135. The molecule has 90 valence electrons. The van der Waals surface area contributed by atoms with Crippen LogP contribution in [0.1, 0.15) is 46.5 Å². The van der Waals surface area contributed by atoms with Gasteiger partial charge in [-0.15, -0.1) is 0 Å². The highest BCUT2D eigenvalue weighted by Gasteiger charge is 2.39. The maximum absolute atomic E-state index is 12.0. The zero-order valence-corrected chi connectivity index (χ0v) is 10.2. The third-order valence-corrected chi connectivity index (χ3v) is 3.61. The molecule has 0 amide bonds. The van der Waals surface area contributed by atoms with Crippen LogP contribution in [0.15, 0.2) is 11.3 Å². The van der Waals surface area contributed by atoms with Gasteiger partial charge in [0.05, 0.1) is 0 Å². The van der Waals surface area contributed by atoms with Crippen LogP contribution in [0.2, 0.25) is 0 Å². The summed E-state index contributed by atoms with van der Waals surface area (Å²) in [6, 6.07) is 0. The van der Waals surface area contributed by atoms with Gasteiger partial charge in [-0.2, -0.15) is 0 Å². The minimum absolute atomic E-state index is 0.0330. The number of hydrogen-bond acceptors (Lipinski definition) is 3. The summed E-state index contributed by atoms with van der Waals surface area (Å²) in [5, 5.41) is 9.80. The predicted octanol–water partition coefficient (Wildman–Crippen LogP) is 2.39. The highest BCUT2D eigenvalue weighted by molar-refractivity contribution is 5.97. The monoisotopic (exact) mass is 224 g/mol. The quantitative estimate of drug-likeness (QED) is 0.744. The standard InChI is InChI=1S/C13H20O3/c1-4-8-5-9-10(14)6-13(2,3)7-11(9)16-12(8)15/h8,12,15H,4-7H2,1-3H3/t8-,12?/m1/s1. The van der Waals surface area contributed by atoms with Crippen molar-refractivity contribution in [2.45, 2.75) is 52.7 Å². The Morgan fingerprint density at radius 3 is 2.75 bits per heavy atom. The Balaban J connectivity index is 2.27. The molecule has 3 heteroatoms. The highest BCUT2D eigenvalue weighted by Crippen LogP contribution is 2.43. The summed E-state index contributed by atoms with van der Waals surface area (Å²) in [7, 11) is 0. The number of rotatable bonds is 1. The van der Waals surface area contributed by atoms with E-state index in [4.69, 9.17) is 4.74 Å². The lowest BCUT2D eigenvalue weighted by Gasteiger charge is -2.38.